The zero-order valence-electron chi connectivity index (χ0n) is 12.9. The van der Waals surface area contributed by atoms with Gasteiger partial charge in [-0.1, -0.05) is 18.2 Å². The summed E-state index contributed by atoms with van der Waals surface area (Å²) in [4.78, 5) is 7.77. The molecule has 0 N–H and O–H groups in total. The molecule has 0 spiro atoms. The lowest BCUT2D eigenvalue weighted by molar-refractivity contribution is 1.13. The summed E-state index contributed by atoms with van der Waals surface area (Å²) in [5.41, 5.74) is 3.66. The molecule has 114 valence electrons. The third kappa shape index (κ3) is 3.50. The second-order valence-corrected chi connectivity index (χ2v) is 6.98. The highest BCUT2D eigenvalue weighted by molar-refractivity contribution is 7.14. The molecule has 0 aliphatic carbocycles. The van der Waals surface area contributed by atoms with Crippen LogP contribution in [0, 0.1) is 11.3 Å². The number of nitriles is 1. The Morgan fingerprint density at radius 2 is 1.96 bits per heavy atom. The molecule has 2 heterocycles. The van der Waals surface area contributed by atoms with E-state index in [0.717, 1.165) is 26.8 Å². The Bertz CT molecular complexity index is 851. The summed E-state index contributed by atoms with van der Waals surface area (Å²) in [5, 5.41) is 14.3. The lowest BCUT2D eigenvalue weighted by atomic mass is 10.1. The summed E-state index contributed by atoms with van der Waals surface area (Å²) in [6, 6.07) is 14.4. The number of benzene rings is 1. The third-order valence-electron chi connectivity index (χ3n) is 3.35. The Morgan fingerprint density at radius 3 is 2.57 bits per heavy atom. The summed E-state index contributed by atoms with van der Waals surface area (Å²) >= 11 is 3.16. The van der Waals surface area contributed by atoms with E-state index in [-0.39, 0.29) is 0 Å². The number of aromatic nitrogens is 1. The summed E-state index contributed by atoms with van der Waals surface area (Å²) in [6.07, 6.45) is 1.89. The van der Waals surface area contributed by atoms with Crippen molar-refractivity contribution in [1.82, 2.24) is 4.98 Å². The van der Waals surface area contributed by atoms with Crippen molar-refractivity contribution >= 4 is 40.0 Å². The van der Waals surface area contributed by atoms with Crippen LogP contribution in [0.1, 0.15) is 10.6 Å². The van der Waals surface area contributed by atoms with Crippen molar-refractivity contribution in [3.63, 3.8) is 0 Å². The molecule has 0 aliphatic rings. The monoisotopic (exact) mass is 337 g/mol. The molecule has 0 saturated heterocycles. The highest BCUT2D eigenvalue weighted by Crippen LogP contribution is 2.29. The highest BCUT2D eigenvalue weighted by Gasteiger charge is 2.09. The molecule has 0 aliphatic heterocycles. The first-order valence-corrected chi connectivity index (χ1v) is 8.82. The molecule has 0 atom stereocenters. The molecule has 3 rings (SSSR count). The number of thiazole rings is 1. The average Bonchev–Trinajstić information content (AvgIpc) is 3.24. The van der Waals surface area contributed by atoms with E-state index < -0.39 is 0 Å². The van der Waals surface area contributed by atoms with E-state index in [9.17, 15) is 5.26 Å². The van der Waals surface area contributed by atoms with E-state index in [0.29, 0.717) is 5.57 Å². The van der Waals surface area contributed by atoms with Gasteiger partial charge in [-0.25, -0.2) is 4.98 Å². The number of hydrogen-bond acceptors (Lipinski definition) is 5. The predicted octanol–water partition coefficient (Wildman–Crippen LogP) is 5.00. The van der Waals surface area contributed by atoms with Crippen LogP contribution in [0.5, 0.6) is 0 Å². The fourth-order valence-electron chi connectivity index (χ4n) is 2.11. The molecular weight excluding hydrogens is 322 g/mol. The first kappa shape index (κ1) is 15.5. The van der Waals surface area contributed by atoms with Crippen molar-refractivity contribution in [2.75, 3.05) is 19.0 Å². The maximum atomic E-state index is 9.47. The largest absolute Gasteiger partial charge is 0.378 e. The van der Waals surface area contributed by atoms with Crippen LogP contribution in [0.4, 0.5) is 5.69 Å². The topological polar surface area (TPSA) is 39.9 Å². The van der Waals surface area contributed by atoms with E-state index in [1.54, 1.807) is 11.3 Å². The Kier molecular flexibility index (Phi) is 4.56. The van der Waals surface area contributed by atoms with Gasteiger partial charge in [0.1, 0.15) is 11.1 Å². The van der Waals surface area contributed by atoms with Crippen LogP contribution in [0.2, 0.25) is 0 Å². The van der Waals surface area contributed by atoms with E-state index in [4.69, 9.17) is 0 Å². The number of rotatable bonds is 4. The fourth-order valence-corrected chi connectivity index (χ4v) is 3.66. The maximum absolute atomic E-state index is 9.47. The lowest BCUT2D eigenvalue weighted by Crippen LogP contribution is -2.07. The van der Waals surface area contributed by atoms with Gasteiger partial charge in [0.2, 0.25) is 0 Å². The lowest BCUT2D eigenvalue weighted by Gasteiger charge is -2.11. The number of nitrogens with zero attached hydrogens (tertiary/aromatic N) is 3. The quantitative estimate of drug-likeness (QED) is 0.629. The molecule has 0 radical (unpaired) electrons. The van der Waals surface area contributed by atoms with Crippen LogP contribution < -0.4 is 4.90 Å². The second kappa shape index (κ2) is 6.78. The summed E-state index contributed by atoms with van der Waals surface area (Å²) < 4.78 is 0. The zero-order chi connectivity index (χ0) is 16.2. The van der Waals surface area contributed by atoms with Gasteiger partial charge in [0.15, 0.2) is 0 Å². The van der Waals surface area contributed by atoms with Gasteiger partial charge in [-0.15, -0.1) is 22.7 Å². The standard InChI is InChI=1S/C18H15N3S2/c1-21(2)15-7-5-13(6-8-15)10-14(11-19)18-20-16(12-23-18)17-4-3-9-22-17/h3-10,12H,1-2H3. The van der Waals surface area contributed by atoms with Crippen LogP contribution in [0.25, 0.3) is 22.2 Å². The number of thiophene rings is 1. The minimum absolute atomic E-state index is 0.593. The molecule has 23 heavy (non-hydrogen) atoms. The van der Waals surface area contributed by atoms with Crippen molar-refractivity contribution in [3.05, 3.63) is 57.7 Å². The Morgan fingerprint density at radius 1 is 1.17 bits per heavy atom. The van der Waals surface area contributed by atoms with Crippen molar-refractivity contribution in [1.29, 1.82) is 5.26 Å². The smallest absolute Gasteiger partial charge is 0.134 e. The number of allylic oxidation sites excluding steroid dienone is 1. The van der Waals surface area contributed by atoms with Crippen LogP contribution in [-0.4, -0.2) is 19.1 Å². The van der Waals surface area contributed by atoms with Crippen LogP contribution in [0.15, 0.2) is 47.2 Å². The van der Waals surface area contributed by atoms with Gasteiger partial charge in [-0.05, 0) is 35.2 Å². The van der Waals surface area contributed by atoms with E-state index in [1.807, 2.05) is 72.2 Å². The fraction of sp³-hybridized carbons (Fsp3) is 0.111. The molecule has 0 amide bonds. The minimum Gasteiger partial charge on any atom is -0.378 e. The summed E-state index contributed by atoms with van der Waals surface area (Å²) in [7, 11) is 4.01. The second-order valence-electron chi connectivity index (χ2n) is 5.17. The average molecular weight is 337 g/mol. The Labute approximate surface area is 143 Å². The van der Waals surface area contributed by atoms with Gasteiger partial charge >= 0.3 is 0 Å². The highest BCUT2D eigenvalue weighted by atomic mass is 32.1. The normalized spacial score (nSPS) is 11.3. The molecule has 0 saturated carbocycles. The van der Waals surface area contributed by atoms with E-state index in [1.165, 1.54) is 11.3 Å². The summed E-state index contributed by atoms with van der Waals surface area (Å²) in [6.45, 7) is 0. The van der Waals surface area contributed by atoms with Gasteiger partial charge in [0.05, 0.1) is 16.1 Å². The minimum atomic E-state index is 0.593. The zero-order valence-corrected chi connectivity index (χ0v) is 14.5. The van der Waals surface area contributed by atoms with Gasteiger partial charge in [0.25, 0.3) is 0 Å². The Balaban J connectivity index is 1.89. The van der Waals surface area contributed by atoms with Gasteiger partial charge in [-0.3, -0.25) is 0 Å². The van der Waals surface area contributed by atoms with Crippen molar-refractivity contribution in [2.45, 2.75) is 0 Å². The Hall–Kier alpha value is -2.42. The van der Waals surface area contributed by atoms with E-state index in [2.05, 4.69) is 11.1 Å². The SMILES string of the molecule is CN(C)c1ccc(C=C(C#N)c2nc(-c3cccs3)cs2)cc1. The van der Waals surface area contributed by atoms with Gasteiger partial charge < -0.3 is 4.90 Å². The van der Waals surface area contributed by atoms with Crippen molar-refractivity contribution in [2.24, 2.45) is 0 Å². The molecule has 0 fully saturated rings. The third-order valence-corrected chi connectivity index (χ3v) is 5.12. The first-order chi connectivity index (χ1) is 11.2. The molecule has 3 aromatic rings. The molecule has 0 bridgehead atoms. The molecule has 0 unspecified atom stereocenters. The predicted molar refractivity (Wildman–Crippen MR) is 99.7 cm³/mol. The molecule has 5 heteroatoms. The number of hydrogen-bond donors (Lipinski definition) is 0. The van der Waals surface area contributed by atoms with Crippen LogP contribution in [0.3, 0.4) is 0 Å². The summed E-state index contributed by atoms with van der Waals surface area (Å²) in [5.74, 6) is 0. The van der Waals surface area contributed by atoms with Crippen molar-refractivity contribution < 1.29 is 0 Å². The molecule has 2 aromatic heterocycles. The van der Waals surface area contributed by atoms with Crippen molar-refractivity contribution in [3.8, 4) is 16.6 Å². The molecule has 1 aromatic carbocycles. The maximum Gasteiger partial charge on any atom is 0.134 e. The van der Waals surface area contributed by atoms with Gasteiger partial charge in [0, 0.05) is 25.2 Å². The van der Waals surface area contributed by atoms with Gasteiger partial charge in [-0.2, -0.15) is 5.26 Å². The van der Waals surface area contributed by atoms with Crippen LogP contribution in [-0.2, 0) is 0 Å². The van der Waals surface area contributed by atoms with E-state index >= 15 is 0 Å². The van der Waals surface area contributed by atoms with Crippen LogP contribution >= 0.6 is 22.7 Å². The first-order valence-electron chi connectivity index (χ1n) is 7.06. The molecule has 3 nitrogen and oxygen atoms in total. The number of anilines is 1. The molecular formula is C18H15N3S2.